The molecule has 0 aliphatic rings. The fraction of sp³-hybridized carbons (Fsp3) is 0.286. The number of aromatic nitrogens is 2. The maximum Gasteiger partial charge on any atom is 0.259 e. The third kappa shape index (κ3) is 3.95. The van der Waals surface area contributed by atoms with Gasteiger partial charge in [0.1, 0.15) is 11.3 Å². The maximum absolute atomic E-state index is 12.5. The second-order valence-corrected chi connectivity index (χ2v) is 7.63. The molecule has 0 fully saturated rings. The van der Waals surface area contributed by atoms with E-state index < -0.39 is 18.6 Å². The number of aliphatic hydroxyl groups excluding tert-OH is 2. The van der Waals surface area contributed by atoms with Gasteiger partial charge in [-0.3, -0.25) is 9.59 Å². The fourth-order valence-electron chi connectivity index (χ4n) is 2.83. The van der Waals surface area contributed by atoms with E-state index in [1.54, 1.807) is 18.2 Å². The number of nitrogens with zero attached hydrogens (tertiary/aromatic N) is 1. The van der Waals surface area contributed by atoms with E-state index in [4.69, 9.17) is 5.11 Å². The minimum Gasteiger partial charge on any atom is -0.393 e. The maximum atomic E-state index is 12.5. The monoisotopic (exact) mass is 381 g/mol. The van der Waals surface area contributed by atoms with Crippen LogP contribution in [0.3, 0.4) is 0 Å². The molecule has 0 saturated heterocycles. The van der Waals surface area contributed by atoms with Gasteiger partial charge in [-0.25, -0.2) is 4.98 Å². The lowest BCUT2D eigenvalue weighted by molar-refractivity contribution is -0.125. The van der Waals surface area contributed by atoms with Crippen LogP contribution in [0, 0.1) is 0 Å². The summed E-state index contributed by atoms with van der Waals surface area (Å²) in [5, 5.41) is 21.2. The zero-order chi connectivity index (χ0) is 20.5. The Bertz CT molecular complexity index is 1070. The number of amides is 1. The number of fused-ring (bicyclic) bond motifs is 1. The topological polar surface area (TPSA) is 115 Å². The number of nitrogens with one attached hydrogen (secondary N) is 2. The molecule has 28 heavy (non-hydrogen) atoms. The van der Waals surface area contributed by atoms with Crippen molar-refractivity contribution in [3.05, 3.63) is 58.4 Å². The molecule has 1 aromatic heterocycles. The number of aliphatic hydroxyl groups is 2. The minimum absolute atomic E-state index is 0.00768. The van der Waals surface area contributed by atoms with Crippen LogP contribution in [-0.4, -0.2) is 38.8 Å². The summed E-state index contributed by atoms with van der Waals surface area (Å²) in [6, 6.07) is 12.6. The van der Waals surface area contributed by atoms with Crippen LogP contribution < -0.4 is 10.9 Å². The summed E-state index contributed by atoms with van der Waals surface area (Å²) in [6.45, 7) is 5.66. The first-order valence-corrected chi connectivity index (χ1v) is 8.94. The summed E-state index contributed by atoms with van der Waals surface area (Å²) >= 11 is 0. The summed E-state index contributed by atoms with van der Waals surface area (Å²) in [4.78, 5) is 31.7. The summed E-state index contributed by atoms with van der Waals surface area (Å²) in [5.74, 6) is -0.393. The lowest BCUT2D eigenvalue weighted by atomic mass is 9.87. The number of rotatable bonds is 4. The van der Waals surface area contributed by atoms with Gasteiger partial charge in [-0.05, 0) is 23.1 Å². The highest BCUT2D eigenvalue weighted by Crippen LogP contribution is 2.26. The second kappa shape index (κ2) is 7.53. The normalized spacial score (nSPS) is 12.8. The number of aromatic amines is 1. The zero-order valence-electron chi connectivity index (χ0n) is 16.0. The Balaban J connectivity index is 2.07. The molecule has 3 aromatic rings. The number of benzene rings is 2. The summed E-state index contributed by atoms with van der Waals surface area (Å²) in [6.07, 6.45) is -1.55. The molecule has 0 unspecified atom stereocenters. The van der Waals surface area contributed by atoms with Crippen molar-refractivity contribution < 1.29 is 15.0 Å². The van der Waals surface area contributed by atoms with Crippen LogP contribution in [0.1, 0.15) is 26.3 Å². The van der Waals surface area contributed by atoms with Crippen LogP contribution in [0.4, 0.5) is 5.69 Å². The fourth-order valence-corrected chi connectivity index (χ4v) is 2.83. The van der Waals surface area contributed by atoms with Crippen molar-refractivity contribution in [3.8, 4) is 11.4 Å². The number of hydrogen-bond acceptors (Lipinski definition) is 5. The lowest BCUT2D eigenvalue weighted by Crippen LogP contribution is -2.30. The molecule has 0 aliphatic carbocycles. The lowest BCUT2D eigenvalue weighted by Gasteiger charge is -2.19. The molecule has 7 heteroatoms. The van der Waals surface area contributed by atoms with Crippen LogP contribution in [0.2, 0.25) is 0 Å². The van der Waals surface area contributed by atoms with Gasteiger partial charge in [0.2, 0.25) is 0 Å². The molecule has 1 heterocycles. The minimum atomic E-state index is -1.55. The molecule has 1 atom stereocenters. The van der Waals surface area contributed by atoms with Gasteiger partial charge in [0.15, 0.2) is 6.10 Å². The molecule has 0 aliphatic heterocycles. The number of anilines is 1. The van der Waals surface area contributed by atoms with E-state index in [0.29, 0.717) is 16.7 Å². The van der Waals surface area contributed by atoms with E-state index in [0.717, 1.165) is 11.1 Å². The second-order valence-electron chi connectivity index (χ2n) is 7.63. The average Bonchev–Trinajstić information content (AvgIpc) is 2.67. The van der Waals surface area contributed by atoms with E-state index >= 15 is 0 Å². The zero-order valence-corrected chi connectivity index (χ0v) is 16.0. The Morgan fingerprint density at radius 3 is 2.46 bits per heavy atom. The molecular formula is C21H23N3O4. The molecule has 1 amide bonds. The smallest absolute Gasteiger partial charge is 0.259 e. The van der Waals surface area contributed by atoms with Crippen molar-refractivity contribution in [2.75, 3.05) is 11.9 Å². The first-order valence-electron chi connectivity index (χ1n) is 8.94. The molecule has 146 valence electrons. The Morgan fingerprint density at radius 2 is 1.86 bits per heavy atom. The number of hydrogen-bond donors (Lipinski definition) is 4. The highest BCUT2D eigenvalue weighted by Gasteiger charge is 2.17. The van der Waals surface area contributed by atoms with Gasteiger partial charge >= 0.3 is 0 Å². The quantitative estimate of drug-likeness (QED) is 0.553. The van der Waals surface area contributed by atoms with Crippen LogP contribution in [0.5, 0.6) is 0 Å². The van der Waals surface area contributed by atoms with Crippen LogP contribution in [-0.2, 0) is 10.2 Å². The number of carbonyl (C=O) groups excluding carboxylic acids is 1. The predicted molar refractivity (Wildman–Crippen MR) is 108 cm³/mol. The summed E-state index contributed by atoms with van der Waals surface area (Å²) in [5.41, 5.74) is 2.16. The number of para-hydroxylation sites is 1. The van der Waals surface area contributed by atoms with Gasteiger partial charge < -0.3 is 20.5 Å². The molecule has 3 rings (SSSR count). The first kappa shape index (κ1) is 19.7. The van der Waals surface area contributed by atoms with Crippen molar-refractivity contribution in [3.63, 3.8) is 0 Å². The van der Waals surface area contributed by atoms with Crippen molar-refractivity contribution in [2.45, 2.75) is 32.3 Å². The van der Waals surface area contributed by atoms with Crippen LogP contribution >= 0.6 is 0 Å². The standard InChI is InChI=1S/C21H23N3O4/c1-21(2,3)13-9-7-12(8-10-13)18-23-17-14(19(27)24-18)5-4-6-15(17)22-20(28)16(26)11-25/h4-10,16,25-26H,11H2,1-3H3,(H,22,28)(H,23,24,27)/t16-/m0/s1. The van der Waals surface area contributed by atoms with Crippen LogP contribution in [0.15, 0.2) is 47.3 Å². The third-order valence-electron chi connectivity index (χ3n) is 4.49. The van der Waals surface area contributed by atoms with Gasteiger partial charge in [0.25, 0.3) is 11.5 Å². The molecule has 0 radical (unpaired) electrons. The van der Waals surface area contributed by atoms with Crippen molar-refractivity contribution in [2.24, 2.45) is 0 Å². The Morgan fingerprint density at radius 1 is 1.18 bits per heavy atom. The van der Waals surface area contributed by atoms with Gasteiger partial charge in [0, 0.05) is 5.56 Å². The highest BCUT2D eigenvalue weighted by molar-refractivity contribution is 6.02. The molecule has 0 bridgehead atoms. The van der Waals surface area contributed by atoms with Gasteiger partial charge in [-0.15, -0.1) is 0 Å². The van der Waals surface area contributed by atoms with E-state index in [-0.39, 0.29) is 16.7 Å². The van der Waals surface area contributed by atoms with E-state index in [2.05, 4.69) is 36.1 Å². The van der Waals surface area contributed by atoms with Crippen molar-refractivity contribution in [1.29, 1.82) is 0 Å². The van der Waals surface area contributed by atoms with E-state index in [1.165, 1.54) is 0 Å². The Kier molecular flexibility index (Phi) is 5.31. The SMILES string of the molecule is CC(C)(C)c1ccc(-c2nc3c(NC(=O)[C@@H](O)CO)cccc3c(=O)[nH]2)cc1. The van der Waals surface area contributed by atoms with Crippen LogP contribution in [0.25, 0.3) is 22.3 Å². The highest BCUT2D eigenvalue weighted by atomic mass is 16.3. The molecule has 0 saturated carbocycles. The molecule has 4 N–H and O–H groups in total. The Hall–Kier alpha value is -3.03. The van der Waals surface area contributed by atoms with Gasteiger partial charge in [-0.1, -0.05) is 51.1 Å². The van der Waals surface area contributed by atoms with E-state index in [9.17, 15) is 14.7 Å². The van der Waals surface area contributed by atoms with Crippen molar-refractivity contribution in [1.82, 2.24) is 9.97 Å². The number of carbonyl (C=O) groups is 1. The van der Waals surface area contributed by atoms with Crippen molar-refractivity contribution >= 4 is 22.5 Å². The molecule has 2 aromatic carbocycles. The largest absolute Gasteiger partial charge is 0.393 e. The average molecular weight is 381 g/mol. The number of H-pyrrole nitrogens is 1. The third-order valence-corrected chi connectivity index (χ3v) is 4.49. The Labute approximate surface area is 162 Å². The predicted octanol–water partition coefficient (Wildman–Crippen LogP) is 2.18. The summed E-state index contributed by atoms with van der Waals surface area (Å²) in [7, 11) is 0. The molecule has 0 spiro atoms. The molecule has 7 nitrogen and oxygen atoms in total. The summed E-state index contributed by atoms with van der Waals surface area (Å²) < 4.78 is 0. The van der Waals surface area contributed by atoms with Gasteiger partial charge in [-0.2, -0.15) is 0 Å². The van der Waals surface area contributed by atoms with E-state index in [1.807, 2.05) is 24.3 Å². The van der Waals surface area contributed by atoms with Gasteiger partial charge in [0.05, 0.1) is 17.7 Å². The first-order chi connectivity index (χ1) is 13.2. The molecular weight excluding hydrogens is 358 g/mol.